The summed E-state index contributed by atoms with van der Waals surface area (Å²) in [6.07, 6.45) is 7.71. The Bertz CT molecular complexity index is 242. The zero-order valence-electron chi connectivity index (χ0n) is 9.59. The van der Waals surface area contributed by atoms with Gasteiger partial charge in [-0.3, -0.25) is 4.79 Å². The molecule has 15 heavy (non-hydrogen) atoms. The molecule has 1 amide bonds. The molecule has 1 aliphatic carbocycles. The Morgan fingerprint density at radius 3 is 2.87 bits per heavy atom. The molecule has 0 aromatic carbocycles. The molecule has 0 aromatic heterocycles. The van der Waals surface area contributed by atoms with Gasteiger partial charge in [0.1, 0.15) is 7.85 Å². The van der Waals surface area contributed by atoms with Crippen LogP contribution in [0, 0.1) is 5.92 Å². The smallest absolute Gasteiger partial charge is 0.243 e. The zero-order valence-corrected chi connectivity index (χ0v) is 9.59. The molecule has 0 spiro atoms. The lowest BCUT2D eigenvalue weighted by molar-refractivity contribution is -0.117. The van der Waals surface area contributed by atoms with Gasteiger partial charge in [0.2, 0.25) is 5.91 Å². The molecule has 3 heteroatoms. The normalized spacial score (nSPS) is 32.5. The van der Waals surface area contributed by atoms with Crippen LogP contribution in [0.5, 0.6) is 0 Å². The lowest BCUT2D eigenvalue weighted by atomic mass is 9.68. The topological polar surface area (TPSA) is 29.1 Å². The fourth-order valence-electron chi connectivity index (χ4n) is 2.13. The minimum absolute atomic E-state index is 0.161. The highest BCUT2D eigenvalue weighted by Gasteiger charge is 2.26. The van der Waals surface area contributed by atoms with E-state index in [1.165, 1.54) is 18.9 Å². The van der Waals surface area contributed by atoms with Crippen molar-refractivity contribution in [3.63, 3.8) is 0 Å². The molecule has 1 saturated carbocycles. The Hall–Kier alpha value is -0.725. The van der Waals surface area contributed by atoms with Crippen LogP contribution in [-0.2, 0) is 4.79 Å². The fourth-order valence-corrected chi connectivity index (χ4v) is 2.13. The predicted molar refractivity (Wildman–Crippen MR) is 63.7 cm³/mol. The van der Waals surface area contributed by atoms with Crippen LogP contribution in [0.2, 0.25) is 0 Å². The minimum atomic E-state index is -0.514. The van der Waals surface area contributed by atoms with Gasteiger partial charge in [0.25, 0.3) is 0 Å². The summed E-state index contributed by atoms with van der Waals surface area (Å²) in [5, 5.41) is 2.85. The Morgan fingerprint density at radius 2 is 2.20 bits per heavy atom. The highest BCUT2D eigenvalue weighted by Crippen LogP contribution is 2.27. The molecule has 0 heterocycles. The van der Waals surface area contributed by atoms with E-state index in [1.54, 1.807) is 0 Å². The number of carbonyl (C=O) groups excluding carboxylic acids is 1. The maximum Gasteiger partial charge on any atom is 0.243 e. The lowest BCUT2D eigenvalue weighted by Crippen LogP contribution is -2.49. The van der Waals surface area contributed by atoms with Crippen molar-refractivity contribution in [3.8, 4) is 0 Å². The van der Waals surface area contributed by atoms with Crippen LogP contribution >= 0.6 is 0 Å². The van der Waals surface area contributed by atoms with E-state index in [0.717, 1.165) is 25.7 Å². The van der Waals surface area contributed by atoms with Gasteiger partial charge in [0, 0.05) is 5.44 Å². The van der Waals surface area contributed by atoms with Crippen LogP contribution in [0.15, 0.2) is 12.7 Å². The molecule has 2 nitrogen and oxygen atoms in total. The van der Waals surface area contributed by atoms with Gasteiger partial charge < -0.3 is 5.32 Å². The SMILES string of the molecule is [B]C1(NC(=O)C=C)CCCCC(C)CC1. The van der Waals surface area contributed by atoms with Crippen LogP contribution < -0.4 is 5.32 Å². The zero-order chi connectivity index (χ0) is 11.3. The molecule has 1 N–H and O–H groups in total. The summed E-state index contributed by atoms with van der Waals surface area (Å²) in [5.41, 5.74) is -0.514. The number of hydrogen-bond donors (Lipinski definition) is 1. The highest BCUT2D eigenvalue weighted by molar-refractivity contribution is 6.17. The summed E-state index contributed by atoms with van der Waals surface area (Å²) < 4.78 is 0. The quantitative estimate of drug-likeness (QED) is 0.543. The monoisotopic (exact) mass is 205 g/mol. The molecule has 1 fully saturated rings. The third-order valence-corrected chi connectivity index (χ3v) is 3.21. The van der Waals surface area contributed by atoms with Crippen molar-refractivity contribution in [2.75, 3.05) is 0 Å². The van der Waals surface area contributed by atoms with Gasteiger partial charge in [-0.05, 0) is 31.3 Å². The highest BCUT2D eigenvalue weighted by atomic mass is 16.1. The maximum absolute atomic E-state index is 11.3. The van der Waals surface area contributed by atoms with Crippen molar-refractivity contribution in [2.45, 2.75) is 50.9 Å². The van der Waals surface area contributed by atoms with Gasteiger partial charge in [0.15, 0.2) is 0 Å². The Balaban J connectivity index is 2.55. The second-order valence-electron chi connectivity index (χ2n) is 4.74. The third-order valence-electron chi connectivity index (χ3n) is 3.21. The van der Waals surface area contributed by atoms with Gasteiger partial charge in [-0.2, -0.15) is 0 Å². The van der Waals surface area contributed by atoms with Gasteiger partial charge in [-0.15, -0.1) is 0 Å². The summed E-state index contributed by atoms with van der Waals surface area (Å²) in [7, 11) is 6.19. The first kappa shape index (κ1) is 12.3. The summed E-state index contributed by atoms with van der Waals surface area (Å²) in [4.78, 5) is 11.3. The third kappa shape index (κ3) is 4.11. The van der Waals surface area contributed by atoms with Crippen molar-refractivity contribution in [1.82, 2.24) is 5.32 Å². The van der Waals surface area contributed by atoms with Crippen LogP contribution in [0.1, 0.15) is 45.4 Å². The van der Waals surface area contributed by atoms with Crippen LogP contribution in [0.4, 0.5) is 0 Å². The van der Waals surface area contributed by atoms with Crippen LogP contribution in [0.3, 0.4) is 0 Å². The van der Waals surface area contributed by atoms with Gasteiger partial charge in [-0.1, -0.05) is 32.8 Å². The fraction of sp³-hybridized carbons (Fsp3) is 0.750. The Kier molecular flexibility index (Phi) is 4.43. The average Bonchev–Trinajstić information content (AvgIpc) is 2.19. The molecule has 2 unspecified atom stereocenters. The summed E-state index contributed by atoms with van der Waals surface area (Å²) >= 11 is 0. The molecule has 1 rings (SSSR count). The standard InChI is InChI=1S/C12H20BNO/c1-3-11(15)14-12(13)8-5-4-6-10(2)7-9-12/h3,10H,1,4-9H2,2H3,(H,14,15). The molecule has 2 radical (unpaired) electrons. The Morgan fingerprint density at radius 1 is 1.47 bits per heavy atom. The van der Waals surface area contributed by atoms with E-state index in [0.29, 0.717) is 5.92 Å². The van der Waals surface area contributed by atoms with E-state index < -0.39 is 5.44 Å². The predicted octanol–water partition coefficient (Wildman–Crippen LogP) is 2.14. The second kappa shape index (κ2) is 5.38. The molecular formula is C12H20BNO. The van der Waals surface area contributed by atoms with Crippen molar-refractivity contribution in [3.05, 3.63) is 12.7 Å². The summed E-state index contributed by atoms with van der Waals surface area (Å²) in [6.45, 7) is 5.70. The first-order chi connectivity index (χ1) is 7.06. The van der Waals surface area contributed by atoms with E-state index in [4.69, 9.17) is 7.85 Å². The maximum atomic E-state index is 11.3. The molecule has 0 bridgehead atoms. The Labute approximate surface area is 93.9 Å². The second-order valence-corrected chi connectivity index (χ2v) is 4.74. The van der Waals surface area contributed by atoms with E-state index >= 15 is 0 Å². The number of amides is 1. The van der Waals surface area contributed by atoms with Crippen LogP contribution in [0.25, 0.3) is 0 Å². The van der Waals surface area contributed by atoms with E-state index in [9.17, 15) is 4.79 Å². The average molecular weight is 205 g/mol. The van der Waals surface area contributed by atoms with Crippen molar-refractivity contribution < 1.29 is 4.79 Å². The lowest BCUT2D eigenvalue weighted by Gasteiger charge is -2.34. The van der Waals surface area contributed by atoms with Crippen LogP contribution in [-0.4, -0.2) is 19.2 Å². The van der Waals surface area contributed by atoms with Crippen molar-refractivity contribution in [1.29, 1.82) is 0 Å². The van der Waals surface area contributed by atoms with Gasteiger partial charge in [0.05, 0.1) is 0 Å². The molecule has 0 aliphatic heterocycles. The number of carbonyl (C=O) groups is 1. The molecule has 0 aromatic rings. The number of hydrogen-bond acceptors (Lipinski definition) is 1. The van der Waals surface area contributed by atoms with E-state index in [2.05, 4.69) is 18.8 Å². The molecule has 1 aliphatic rings. The van der Waals surface area contributed by atoms with Gasteiger partial charge >= 0.3 is 0 Å². The molecule has 2 atom stereocenters. The largest absolute Gasteiger partial charge is 0.356 e. The van der Waals surface area contributed by atoms with Crippen molar-refractivity contribution in [2.24, 2.45) is 5.92 Å². The van der Waals surface area contributed by atoms with E-state index in [-0.39, 0.29) is 5.91 Å². The summed E-state index contributed by atoms with van der Waals surface area (Å²) in [6, 6.07) is 0. The first-order valence-electron chi connectivity index (χ1n) is 5.79. The minimum Gasteiger partial charge on any atom is -0.356 e. The van der Waals surface area contributed by atoms with Gasteiger partial charge in [-0.25, -0.2) is 0 Å². The molecule has 82 valence electrons. The molecular weight excluding hydrogens is 185 g/mol. The number of rotatable bonds is 2. The first-order valence-corrected chi connectivity index (χ1v) is 5.79. The number of nitrogens with one attached hydrogen (secondary N) is 1. The van der Waals surface area contributed by atoms with E-state index in [1.807, 2.05) is 0 Å². The summed E-state index contributed by atoms with van der Waals surface area (Å²) in [5.74, 6) is 0.555. The van der Waals surface area contributed by atoms with Crippen molar-refractivity contribution >= 4 is 13.8 Å². The molecule has 0 saturated heterocycles.